The fourth-order valence-electron chi connectivity index (χ4n) is 3.00. The first kappa shape index (κ1) is 12.8. The van der Waals surface area contributed by atoms with Gasteiger partial charge in [0, 0.05) is 26.7 Å². The Kier molecular flexibility index (Phi) is 4.40. The SMILES string of the molecule is COC1CCC(N(C)C(=O)C2CCNC2)CC1. The number of methoxy groups -OCH3 is 1. The summed E-state index contributed by atoms with van der Waals surface area (Å²) in [6.07, 6.45) is 5.74. The first-order valence-electron chi connectivity index (χ1n) is 6.72. The van der Waals surface area contributed by atoms with Crippen LogP contribution >= 0.6 is 0 Å². The van der Waals surface area contributed by atoms with Gasteiger partial charge < -0.3 is 15.0 Å². The molecule has 0 aromatic carbocycles. The summed E-state index contributed by atoms with van der Waals surface area (Å²) in [6.45, 7) is 1.84. The van der Waals surface area contributed by atoms with E-state index in [1.165, 1.54) is 0 Å². The van der Waals surface area contributed by atoms with Crippen LogP contribution in [0.25, 0.3) is 0 Å². The standard InChI is InChI=1S/C13H24N2O2/c1-15(13(16)10-7-8-14-9-10)11-3-5-12(17-2)6-4-11/h10-12,14H,3-9H2,1-2H3. The van der Waals surface area contributed by atoms with Crippen molar-refractivity contribution < 1.29 is 9.53 Å². The molecule has 1 amide bonds. The van der Waals surface area contributed by atoms with Gasteiger partial charge in [0.15, 0.2) is 0 Å². The van der Waals surface area contributed by atoms with Crippen molar-refractivity contribution in [2.24, 2.45) is 5.92 Å². The molecule has 1 saturated carbocycles. The summed E-state index contributed by atoms with van der Waals surface area (Å²) < 4.78 is 5.37. The van der Waals surface area contributed by atoms with Crippen LogP contribution in [0.15, 0.2) is 0 Å². The van der Waals surface area contributed by atoms with E-state index in [-0.39, 0.29) is 5.92 Å². The maximum Gasteiger partial charge on any atom is 0.227 e. The Hall–Kier alpha value is -0.610. The molecule has 0 bridgehead atoms. The first-order valence-corrected chi connectivity index (χ1v) is 6.72. The van der Waals surface area contributed by atoms with Gasteiger partial charge in [-0.05, 0) is 38.6 Å². The van der Waals surface area contributed by atoms with Crippen molar-refractivity contribution in [2.45, 2.75) is 44.2 Å². The lowest BCUT2D eigenvalue weighted by molar-refractivity contribution is -0.136. The molecule has 98 valence electrons. The van der Waals surface area contributed by atoms with Gasteiger partial charge in [-0.15, -0.1) is 0 Å². The fraction of sp³-hybridized carbons (Fsp3) is 0.923. The van der Waals surface area contributed by atoms with Crippen LogP contribution in [0.4, 0.5) is 0 Å². The van der Waals surface area contributed by atoms with Crippen molar-refractivity contribution in [3.63, 3.8) is 0 Å². The van der Waals surface area contributed by atoms with E-state index < -0.39 is 0 Å². The zero-order valence-corrected chi connectivity index (χ0v) is 10.9. The van der Waals surface area contributed by atoms with Crippen LogP contribution in [0.1, 0.15) is 32.1 Å². The van der Waals surface area contributed by atoms with Gasteiger partial charge in [-0.2, -0.15) is 0 Å². The molecule has 1 heterocycles. The van der Waals surface area contributed by atoms with E-state index >= 15 is 0 Å². The van der Waals surface area contributed by atoms with Gasteiger partial charge in [-0.1, -0.05) is 0 Å². The number of hydrogen-bond donors (Lipinski definition) is 1. The molecular formula is C13H24N2O2. The molecule has 17 heavy (non-hydrogen) atoms. The van der Waals surface area contributed by atoms with Crippen molar-refractivity contribution in [2.75, 3.05) is 27.2 Å². The summed E-state index contributed by atoms with van der Waals surface area (Å²) >= 11 is 0. The second-order valence-corrected chi connectivity index (χ2v) is 5.31. The highest BCUT2D eigenvalue weighted by molar-refractivity contribution is 5.79. The largest absolute Gasteiger partial charge is 0.381 e. The summed E-state index contributed by atoms with van der Waals surface area (Å²) in [5.74, 6) is 0.538. The third-order valence-corrected chi connectivity index (χ3v) is 4.28. The molecule has 2 fully saturated rings. The number of amides is 1. The number of carbonyl (C=O) groups is 1. The summed E-state index contributed by atoms with van der Waals surface area (Å²) in [5.41, 5.74) is 0. The lowest BCUT2D eigenvalue weighted by Crippen LogP contribution is -2.43. The van der Waals surface area contributed by atoms with Crippen LogP contribution in [0.2, 0.25) is 0 Å². The topological polar surface area (TPSA) is 41.6 Å². The van der Waals surface area contributed by atoms with Crippen LogP contribution in [0.5, 0.6) is 0 Å². The molecule has 1 aliphatic heterocycles. The number of rotatable bonds is 3. The minimum atomic E-state index is 0.208. The fourth-order valence-corrected chi connectivity index (χ4v) is 3.00. The van der Waals surface area contributed by atoms with E-state index in [9.17, 15) is 4.79 Å². The number of hydrogen-bond acceptors (Lipinski definition) is 3. The lowest BCUT2D eigenvalue weighted by atomic mass is 9.91. The predicted molar refractivity (Wildman–Crippen MR) is 66.8 cm³/mol. The zero-order chi connectivity index (χ0) is 12.3. The van der Waals surface area contributed by atoms with E-state index in [0.717, 1.165) is 45.2 Å². The molecule has 1 N–H and O–H groups in total. The summed E-state index contributed by atoms with van der Waals surface area (Å²) in [4.78, 5) is 14.2. The molecule has 4 nitrogen and oxygen atoms in total. The molecule has 2 aliphatic rings. The first-order chi connectivity index (χ1) is 8.22. The molecule has 4 heteroatoms. The molecule has 0 radical (unpaired) electrons. The minimum absolute atomic E-state index is 0.208. The highest BCUT2D eigenvalue weighted by atomic mass is 16.5. The number of nitrogens with zero attached hydrogens (tertiary/aromatic N) is 1. The van der Waals surface area contributed by atoms with E-state index in [4.69, 9.17) is 4.74 Å². The van der Waals surface area contributed by atoms with Gasteiger partial charge in [-0.25, -0.2) is 0 Å². The van der Waals surface area contributed by atoms with E-state index in [1.807, 2.05) is 11.9 Å². The van der Waals surface area contributed by atoms with E-state index in [0.29, 0.717) is 18.1 Å². The number of ether oxygens (including phenoxy) is 1. The quantitative estimate of drug-likeness (QED) is 0.800. The maximum atomic E-state index is 12.3. The van der Waals surface area contributed by atoms with Crippen LogP contribution in [-0.2, 0) is 9.53 Å². The van der Waals surface area contributed by atoms with E-state index in [1.54, 1.807) is 7.11 Å². The van der Waals surface area contributed by atoms with Crippen LogP contribution < -0.4 is 5.32 Å². The Morgan fingerprint density at radius 2 is 1.94 bits per heavy atom. The van der Waals surface area contributed by atoms with Gasteiger partial charge in [-0.3, -0.25) is 4.79 Å². The van der Waals surface area contributed by atoms with Gasteiger partial charge in [0.25, 0.3) is 0 Å². The molecule has 0 aromatic rings. The van der Waals surface area contributed by atoms with Crippen molar-refractivity contribution >= 4 is 5.91 Å². The smallest absolute Gasteiger partial charge is 0.227 e. The molecule has 0 spiro atoms. The lowest BCUT2D eigenvalue weighted by Gasteiger charge is -2.35. The second kappa shape index (κ2) is 5.83. The number of nitrogens with one attached hydrogen (secondary N) is 1. The summed E-state index contributed by atoms with van der Waals surface area (Å²) in [6, 6.07) is 0.425. The molecular weight excluding hydrogens is 216 g/mol. The highest BCUT2D eigenvalue weighted by Crippen LogP contribution is 2.25. The normalized spacial score (nSPS) is 33.6. The van der Waals surface area contributed by atoms with Crippen LogP contribution in [-0.4, -0.2) is 50.2 Å². The zero-order valence-electron chi connectivity index (χ0n) is 10.9. The van der Waals surface area contributed by atoms with Gasteiger partial charge >= 0.3 is 0 Å². The van der Waals surface area contributed by atoms with Gasteiger partial charge in [0.05, 0.1) is 12.0 Å². The van der Waals surface area contributed by atoms with Gasteiger partial charge in [0.1, 0.15) is 0 Å². The second-order valence-electron chi connectivity index (χ2n) is 5.31. The average Bonchev–Trinajstić information content (AvgIpc) is 2.91. The third kappa shape index (κ3) is 2.99. The maximum absolute atomic E-state index is 12.3. The Balaban J connectivity index is 1.83. The average molecular weight is 240 g/mol. The predicted octanol–water partition coefficient (Wildman–Crippen LogP) is 1.01. The molecule has 1 atom stereocenters. The van der Waals surface area contributed by atoms with Crippen LogP contribution in [0, 0.1) is 5.92 Å². The van der Waals surface area contributed by atoms with E-state index in [2.05, 4.69) is 5.32 Å². The van der Waals surface area contributed by atoms with Gasteiger partial charge in [0.2, 0.25) is 5.91 Å². The molecule has 1 aliphatic carbocycles. The summed E-state index contributed by atoms with van der Waals surface area (Å²) in [7, 11) is 3.75. The van der Waals surface area contributed by atoms with Crippen molar-refractivity contribution in [3.05, 3.63) is 0 Å². The Morgan fingerprint density at radius 1 is 1.24 bits per heavy atom. The monoisotopic (exact) mass is 240 g/mol. The van der Waals surface area contributed by atoms with Crippen molar-refractivity contribution in [1.29, 1.82) is 0 Å². The Bertz CT molecular complexity index is 256. The third-order valence-electron chi connectivity index (χ3n) is 4.28. The highest BCUT2D eigenvalue weighted by Gasteiger charge is 2.31. The number of carbonyl (C=O) groups excluding carboxylic acids is 1. The molecule has 2 rings (SSSR count). The Labute approximate surface area is 104 Å². The molecule has 0 aromatic heterocycles. The summed E-state index contributed by atoms with van der Waals surface area (Å²) in [5, 5.41) is 3.26. The van der Waals surface area contributed by atoms with Crippen molar-refractivity contribution in [3.8, 4) is 0 Å². The minimum Gasteiger partial charge on any atom is -0.381 e. The molecule has 1 unspecified atom stereocenters. The van der Waals surface area contributed by atoms with Crippen molar-refractivity contribution in [1.82, 2.24) is 10.2 Å². The molecule has 1 saturated heterocycles. The Morgan fingerprint density at radius 3 is 2.47 bits per heavy atom. The van der Waals surface area contributed by atoms with Crippen LogP contribution in [0.3, 0.4) is 0 Å².